The standard InChI is InChI=1S/C26H27F3N2O4S/c1-14-11-15(2)21(16(3)12-14)30-24(33)31-22-19(23(32)35-25(4,5)6)13-20(36-22)17-7-9-18(10-8-17)34-26(27,28)29/h7-13H,1-6H3,(H2,30,31,33). The molecule has 0 aliphatic carbocycles. The number of urea groups is 1. The van der Waals surface area contributed by atoms with Crippen molar-refractivity contribution in [1.29, 1.82) is 0 Å². The van der Waals surface area contributed by atoms with Crippen LogP contribution in [0.4, 0.5) is 28.7 Å². The normalized spacial score (nSPS) is 11.7. The van der Waals surface area contributed by atoms with Crippen molar-refractivity contribution in [2.24, 2.45) is 0 Å². The molecule has 0 atom stereocenters. The van der Waals surface area contributed by atoms with Gasteiger partial charge in [0, 0.05) is 10.6 Å². The van der Waals surface area contributed by atoms with E-state index in [4.69, 9.17) is 4.74 Å². The first-order valence-electron chi connectivity index (χ1n) is 11.0. The van der Waals surface area contributed by atoms with Crippen LogP contribution in [0.15, 0.2) is 42.5 Å². The Labute approximate surface area is 211 Å². The van der Waals surface area contributed by atoms with Crippen LogP contribution < -0.4 is 15.4 Å². The Balaban J connectivity index is 1.91. The number of alkyl halides is 3. The quantitative estimate of drug-likeness (QED) is 0.336. The first kappa shape index (κ1) is 27.1. The first-order chi connectivity index (χ1) is 16.6. The van der Waals surface area contributed by atoms with Crippen molar-refractivity contribution in [3.05, 3.63) is 64.7 Å². The lowest BCUT2D eigenvalue weighted by Gasteiger charge is -2.19. The van der Waals surface area contributed by atoms with E-state index in [9.17, 15) is 22.8 Å². The van der Waals surface area contributed by atoms with Gasteiger partial charge in [0.25, 0.3) is 0 Å². The summed E-state index contributed by atoms with van der Waals surface area (Å²) >= 11 is 1.10. The van der Waals surface area contributed by atoms with Gasteiger partial charge in [-0.1, -0.05) is 17.7 Å². The molecule has 3 aromatic rings. The molecule has 0 aliphatic rings. The van der Waals surface area contributed by atoms with Crippen molar-refractivity contribution >= 4 is 34.0 Å². The average Bonchev–Trinajstić information content (AvgIpc) is 3.12. The van der Waals surface area contributed by atoms with E-state index >= 15 is 0 Å². The molecule has 0 saturated heterocycles. The lowest BCUT2D eigenvalue weighted by atomic mass is 10.1. The number of carbonyl (C=O) groups excluding carboxylic acids is 2. The zero-order chi connectivity index (χ0) is 26.8. The van der Waals surface area contributed by atoms with Gasteiger partial charge >= 0.3 is 18.4 Å². The Morgan fingerprint density at radius 3 is 2.00 bits per heavy atom. The van der Waals surface area contributed by atoms with E-state index in [1.807, 2.05) is 32.9 Å². The first-order valence-corrected chi connectivity index (χ1v) is 11.8. The predicted molar refractivity (Wildman–Crippen MR) is 135 cm³/mol. The zero-order valence-electron chi connectivity index (χ0n) is 20.7. The molecule has 3 rings (SSSR count). The number of rotatable bonds is 5. The van der Waals surface area contributed by atoms with Gasteiger partial charge in [-0.2, -0.15) is 0 Å². The number of amides is 2. The molecule has 36 heavy (non-hydrogen) atoms. The number of halogens is 3. The van der Waals surface area contributed by atoms with Gasteiger partial charge in [0.05, 0.1) is 5.56 Å². The molecule has 0 radical (unpaired) electrons. The van der Waals surface area contributed by atoms with Crippen LogP contribution >= 0.6 is 11.3 Å². The van der Waals surface area contributed by atoms with Gasteiger partial charge < -0.3 is 14.8 Å². The van der Waals surface area contributed by atoms with Crippen molar-refractivity contribution in [3.63, 3.8) is 0 Å². The van der Waals surface area contributed by atoms with E-state index < -0.39 is 24.0 Å². The van der Waals surface area contributed by atoms with E-state index in [0.717, 1.165) is 28.0 Å². The van der Waals surface area contributed by atoms with Crippen molar-refractivity contribution in [3.8, 4) is 16.2 Å². The maximum atomic E-state index is 12.9. The fraction of sp³-hybridized carbons (Fsp3) is 0.308. The summed E-state index contributed by atoms with van der Waals surface area (Å²) in [7, 11) is 0. The summed E-state index contributed by atoms with van der Waals surface area (Å²) in [5.41, 5.74) is 3.41. The molecule has 0 aliphatic heterocycles. The van der Waals surface area contributed by atoms with Crippen LogP contribution in [0.2, 0.25) is 0 Å². The fourth-order valence-electron chi connectivity index (χ4n) is 3.56. The van der Waals surface area contributed by atoms with E-state index in [1.165, 1.54) is 30.3 Å². The third kappa shape index (κ3) is 7.24. The minimum absolute atomic E-state index is 0.132. The Hall–Kier alpha value is -3.53. The number of aryl methyl sites for hydroxylation is 3. The number of hydrogen-bond acceptors (Lipinski definition) is 5. The lowest BCUT2D eigenvalue weighted by molar-refractivity contribution is -0.274. The molecule has 0 unspecified atom stereocenters. The van der Waals surface area contributed by atoms with Crippen LogP contribution in [0.25, 0.3) is 10.4 Å². The molecule has 0 fully saturated rings. The smallest absolute Gasteiger partial charge is 0.456 e. The number of benzene rings is 2. The van der Waals surface area contributed by atoms with E-state index in [-0.39, 0.29) is 16.3 Å². The minimum atomic E-state index is -4.80. The van der Waals surface area contributed by atoms with Crippen LogP contribution in [0.3, 0.4) is 0 Å². The highest BCUT2D eigenvalue weighted by Crippen LogP contribution is 2.38. The second-order valence-electron chi connectivity index (χ2n) is 9.28. The molecular weight excluding hydrogens is 493 g/mol. The van der Waals surface area contributed by atoms with Gasteiger partial charge in [-0.15, -0.1) is 24.5 Å². The number of carbonyl (C=O) groups is 2. The van der Waals surface area contributed by atoms with Gasteiger partial charge in [0.2, 0.25) is 0 Å². The highest BCUT2D eigenvalue weighted by atomic mass is 32.1. The molecule has 2 N–H and O–H groups in total. The maximum absolute atomic E-state index is 12.9. The summed E-state index contributed by atoms with van der Waals surface area (Å²) in [5.74, 6) is -1.00. The molecule has 0 spiro atoms. The summed E-state index contributed by atoms with van der Waals surface area (Å²) in [6.07, 6.45) is -4.80. The monoisotopic (exact) mass is 520 g/mol. The molecule has 1 heterocycles. The summed E-state index contributed by atoms with van der Waals surface area (Å²) in [6, 6.07) is 10.1. The van der Waals surface area contributed by atoms with E-state index in [1.54, 1.807) is 20.8 Å². The highest BCUT2D eigenvalue weighted by molar-refractivity contribution is 7.20. The molecular formula is C26H27F3N2O4S. The third-order valence-corrected chi connectivity index (χ3v) is 5.97. The predicted octanol–water partition coefficient (Wildman–Crippen LogP) is 7.84. The van der Waals surface area contributed by atoms with Gasteiger partial charge in [0.1, 0.15) is 16.4 Å². The van der Waals surface area contributed by atoms with Gasteiger partial charge in [-0.25, -0.2) is 9.59 Å². The highest BCUT2D eigenvalue weighted by Gasteiger charge is 2.31. The zero-order valence-corrected chi connectivity index (χ0v) is 21.5. The Morgan fingerprint density at radius 2 is 1.47 bits per heavy atom. The van der Waals surface area contributed by atoms with E-state index in [0.29, 0.717) is 16.1 Å². The number of hydrogen-bond donors (Lipinski definition) is 2. The molecule has 192 valence electrons. The van der Waals surface area contributed by atoms with Crippen LogP contribution in [0, 0.1) is 20.8 Å². The minimum Gasteiger partial charge on any atom is -0.456 e. The molecule has 6 nitrogen and oxygen atoms in total. The maximum Gasteiger partial charge on any atom is 0.573 e. The molecule has 0 saturated carbocycles. The van der Waals surface area contributed by atoms with Gasteiger partial charge in [0.15, 0.2) is 0 Å². The fourth-order valence-corrected chi connectivity index (χ4v) is 4.60. The van der Waals surface area contributed by atoms with Crippen molar-refractivity contribution in [2.45, 2.75) is 53.5 Å². The summed E-state index contributed by atoms with van der Waals surface area (Å²) in [4.78, 5) is 26.3. The van der Waals surface area contributed by atoms with Crippen molar-refractivity contribution in [1.82, 2.24) is 0 Å². The Bertz CT molecular complexity index is 1250. The third-order valence-electron chi connectivity index (χ3n) is 4.87. The molecule has 0 bridgehead atoms. The number of nitrogens with one attached hydrogen (secondary N) is 2. The van der Waals surface area contributed by atoms with Crippen LogP contribution in [0.1, 0.15) is 47.8 Å². The Morgan fingerprint density at radius 1 is 0.889 bits per heavy atom. The van der Waals surface area contributed by atoms with Crippen LogP contribution in [0.5, 0.6) is 5.75 Å². The van der Waals surface area contributed by atoms with Gasteiger partial charge in [-0.3, -0.25) is 5.32 Å². The summed E-state index contributed by atoms with van der Waals surface area (Å²) < 4.78 is 46.8. The van der Waals surface area contributed by atoms with Crippen LogP contribution in [-0.2, 0) is 4.74 Å². The van der Waals surface area contributed by atoms with E-state index in [2.05, 4.69) is 15.4 Å². The number of esters is 1. The molecule has 2 amide bonds. The van der Waals surface area contributed by atoms with Crippen molar-refractivity contribution < 1.29 is 32.2 Å². The second kappa shape index (κ2) is 10.2. The summed E-state index contributed by atoms with van der Waals surface area (Å²) in [5, 5.41) is 5.79. The largest absolute Gasteiger partial charge is 0.573 e. The van der Waals surface area contributed by atoms with Crippen molar-refractivity contribution in [2.75, 3.05) is 10.6 Å². The molecule has 1 aromatic heterocycles. The average molecular weight is 521 g/mol. The summed E-state index contributed by atoms with van der Waals surface area (Å²) in [6.45, 7) is 10.9. The molecule has 2 aromatic carbocycles. The number of ether oxygens (including phenoxy) is 2. The van der Waals surface area contributed by atoms with Gasteiger partial charge in [-0.05, 0) is 88.6 Å². The number of thiophene rings is 1. The number of anilines is 2. The topological polar surface area (TPSA) is 76.7 Å². The second-order valence-corrected chi connectivity index (χ2v) is 10.3. The van der Waals surface area contributed by atoms with Crippen LogP contribution in [-0.4, -0.2) is 24.0 Å². The SMILES string of the molecule is Cc1cc(C)c(NC(=O)Nc2sc(-c3ccc(OC(F)(F)F)cc3)cc2C(=O)OC(C)(C)C)c(C)c1. The Kier molecular flexibility index (Phi) is 7.68. The molecule has 10 heteroatoms. The lowest BCUT2D eigenvalue weighted by Crippen LogP contribution is -2.25.